The van der Waals surface area contributed by atoms with Gasteiger partial charge in [0.1, 0.15) is 6.54 Å². The minimum atomic E-state index is -1.16. The third kappa shape index (κ3) is 4.86. The highest BCUT2D eigenvalue weighted by atomic mass is 35.5. The monoisotopic (exact) mass is 397 g/mol. The smallest absolute Gasteiger partial charge is 0.326 e. The van der Waals surface area contributed by atoms with Gasteiger partial charge in [-0.25, -0.2) is 0 Å². The summed E-state index contributed by atoms with van der Waals surface area (Å²) in [5, 5.41) is 2.88. The highest BCUT2D eigenvalue weighted by molar-refractivity contribution is 6.30. The van der Waals surface area contributed by atoms with Gasteiger partial charge in [0.15, 0.2) is 11.9 Å². The molecule has 3 rings (SSSR count). The summed E-state index contributed by atoms with van der Waals surface area (Å²) >= 11 is 5.90. The molecule has 0 spiro atoms. The number of furan rings is 1. The van der Waals surface area contributed by atoms with E-state index in [2.05, 4.69) is 5.32 Å². The predicted octanol–water partition coefficient (Wildman–Crippen LogP) is 3.83. The lowest BCUT2D eigenvalue weighted by molar-refractivity contribution is -0.146. The number of esters is 1. The molecule has 6 nitrogen and oxygen atoms in total. The number of hydrogen-bond donors (Lipinski definition) is 1. The quantitative estimate of drug-likeness (QED) is 0.483. The van der Waals surface area contributed by atoms with Crippen molar-refractivity contribution < 1.29 is 23.5 Å². The maximum Gasteiger partial charge on any atom is 0.326 e. The second-order valence-electron chi connectivity index (χ2n) is 5.81. The third-order valence-corrected chi connectivity index (χ3v) is 4.11. The number of ether oxygens (including phenoxy) is 1. The Morgan fingerprint density at radius 1 is 0.964 bits per heavy atom. The first kappa shape index (κ1) is 19.4. The van der Waals surface area contributed by atoms with Crippen molar-refractivity contribution in [3.8, 4) is 0 Å². The Morgan fingerprint density at radius 2 is 1.68 bits per heavy atom. The van der Waals surface area contributed by atoms with Crippen LogP contribution >= 0.6 is 11.6 Å². The fraction of sp³-hybridized carbons (Fsp3) is 0.0952. The van der Waals surface area contributed by atoms with Crippen LogP contribution in [0.1, 0.15) is 32.6 Å². The first-order chi connectivity index (χ1) is 13.5. The summed E-state index contributed by atoms with van der Waals surface area (Å²) in [6.07, 6.45) is 0.190. The number of hydrogen-bond acceptors (Lipinski definition) is 5. The second-order valence-corrected chi connectivity index (χ2v) is 6.25. The lowest BCUT2D eigenvalue weighted by Crippen LogP contribution is -2.32. The molecule has 0 saturated heterocycles. The Hall–Kier alpha value is -3.38. The zero-order chi connectivity index (χ0) is 19.9. The van der Waals surface area contributed by atoms with Crippen LogP contribution in [0.15, 0.2) is 77.4 Å². The maximum atomic E-state index is 12.9. The van der Waals surface area contributed by atoms with Gasteiger partial charge in [0, 0.05) is 16.1 Å². The number of rotatable bonds is 7. The van der Waals surface area contributed by atoms with E-state index in [0.29, 0.717) is 16.1 Å². The fourth-order valence-corrected chi connectivity index (χ4v) is 2.61. The van der Waals surface area contributed by atoms with Crippen molar-refractivity contribution in [3.63, 3.8) is 0 Å². The number of carbonyl (C=O) groups is 3. The van der Waals surface area contributed by atoms with Crippen molar-refractivity contribution >= 4 is 29.3 Å². The number of carbonyl (C=O) groups excluding carboxylic acids is 3. The highest BCUT2D eigenvalue weighted by Gasteiger charge is 2.26. The Kier molecular flexibility index (Phi) is 6.24. The molecule has 3 aromatic rings. The minimum absolute atomic E-state index is 0.0717. The lowest BCUT2D eigenvalue weighted by Gasteiger charge is -2.18. The zero-order valence-corrected chi connectivity index (χ0v) is 15.4. The van der Waals surface area contributed by atoms with Crippen LogP contribution in [0.3, 0.4) is 0 Å². The summed E-state index contributed by atoms with van der Waals surface area (Å²) in [5.41, 5.74) is 0.874. The molecule has 0 fully saturated rings. The van der Waals surface area contributed by atoms with E-state index in [4.69, 9.17) is 20.8 Å². The van der Waals surface area contributed by atoms with E-state index in [0.717, 1.165) is 0 Å². The van der Waals surface area contributed by atoms with Crippen molar-refractivity contribution in [1.29, 1.82) is 0 Å². The Morgan fingerprint density at radius 3 is 2.32 bits per heavy atom. The summed E-state index contributed by atoms with van der Waals surface area (Å²) in [7, 11) is 0. The summed E-state index contributed by atoms with van der Waals surface area (Å²) in [5.74, 6) is -1.63. The second kappa shape index (κ2) is 9.01. The summed E-state index contributed by atoms with van der Waals surface area (Å²) in [4.78, 5) is 37.0. The average Bonchev–Trinajstić information content (AvgIpc) is 3.26. The molecule has 142 valence electrons. The molecule has 0 aliphatic rings. The van der Waals surface area contributed by atoms with Gasteiger partial charge in [-0.1, -0.05) is 54.1 Å². The number of halogens is 1. The van der Waals surface area contributed by atoms with Crippen LogP contribution < -0.4 is 5.32 Å². The van der Waals surface area contributed by atoms with Gasteiger partial charge in [-0.05, 0) is 24.3 Å². The topological polar surface area (TPSA) is 85.6 Å². The van der Waals surface area contributed by atoms with E-state index < -0.39 is 24.5 Å². The number of ketones is 1. The number of amides is 1. The molecule has 0 aliphatic carbocycles. The van der Waals surface area contributed by atoms with Crippen molar-refractivity contribution in [2.24, 2.45) is 0 Å². The Bertz CT molecular complexity index is 952. The summed E-state index contributed by atoms with van der Waals surface area (Å²) in [6, 6.07) is 18.0. The Balaban J connectivity index is 1.73. The molecule has 7 heteroatoms. The van der Waals surface area contributed by atoms with E-state index in [1.807, 2.05) is 0 Å². The van der Waals surface area contributed by atoms with Crippen molar-refractivity contribution in [2.45, 2.75) is 6.10 Å². The van der Waals surface area contributed by atoms with E-state index in [1.54, 1.807) is 60.7 Å². The van der Waals surface area contributed by atoms with Crippen LogP contribution in [-0.2, 0) is 9.53 Å². The molecule has 0 unspecified atom stereocenters. The molecular weight excluding hydrogens is 382 g/mol. The predicted molar refractivity (Wildman–Crippen MR) is 102 cm³/mol. The molecule has 0 radical (unpaired) electrons. The molecule has 1 aromatic heterocycles. The van der Waals surface area contributed by atoms with Crippen LogP contribution in [0.5, 0.6) is 0 Å². The van der Waals surface area contributed by atoms with Gasteiger partial charge in [-0.3, -0.25) is 14.4 Å². The van der Waals surface area contributed by atoms with E-state index >= 15 is 0 Å². The first-order valence-corrected chi connectivity index (χ1v) is 8.78. The molecule has 0 bridgehead atoms. The van der Waals surface area contributed by atoms with Crippen LogP contribution in [0.25, 0.3) is 0 Å². The van der Waals surface area contributed by atoms with Gasteiger partial charge in [0.05, 0.1) is 6.26 Å². The number of Topliss-reactive ketones (excluding diaryl/α,β-unsaturated/α-hetero) is 1. The summed E-state index contributed by atoms with van der Waals surface area (Å²) in [6.45, 7) is -0.411. The average molecular weight is 398 g/mol. The maximum absolute atomic E-state index is 12.9. The van der Waals surface area contributed by atoms with Crippen molar-refractivity contribution in [3.05, 3.63) is 94.9 Å². The van der Waals surface area contributed by atoms with Gasteiger partial charge in [-0.2, -0.15) is 0 Å². The van der Waals surface area contributed by atoms with E-state index in [9.17, 15) is 14.4 Å². The van der Waals surface area contributed by atoms with E-state index in [-0.39, 0.29) is 11.5 Å². The molecule has 1 amide bonds. The standard InChI is InChI=1S/C21H16ClNO5/c22-16-10-8-15(9-11-16)20(19(25)14-5-2-1-3-6-14)28-18(24)13-23-21(26)17-7-4-12-27-17/h1-12,20H,13H2,(H,23,26)/t20-/m1/s1. The molecule has 1 N–H and O–H groups in total. The minimum Gasteiger partial charge on any atom is -0.459 e. The number of benzene rings is 2. The van der Waals surface area contributed by atoms with Crippen LogP contribution in [0.2, 0.25) is 5.02 Å². The summed E-state index contributed by atoms with van der Waals surface area (Å²) < 4.78 is 10.3. The fourth-order valence-electron chi connectivity index (χ4n) is 2.48. The lowest BCUT2D eigenvalue weighted by atomic mass is 10.00. The van der Waals surface area contributed by atoms with E-state index in [1.165, 1.54) is 12.3 Å². The molecule has 1 atom stereocenters. The van der Waals surface area contributed by atoms with Gasteiger partial charge in [0.2, 0.25) is 5.78 Å². The van der Waals surface area contributed by atoms with Crippen LogP contribution in [-0.4, -0.2) is 24.2 Å². The van der Waals surface area contributed by atoms with Gasteiger partial charge >= 0.3 is 5.97 Å². The molecule has 2 aromatic carbocycles. The molecule has 28 heavy (non-hydrogen) atoms. The molecule has 1 heterocycles. The molecule has 0 saturated carbocycles. The van der Waals surface area contributed by atoms with Crippen LogP contribution in [0.4, 0.5) is 0 Å². The van der Waals surface area contributed by atoms with Gasteiger partial charge in [0.25, 0.3) is 5.91 Å². The van der Waals surface area contributed by atoms with Gasteiger partial charge in [-0.15, -0.1) is 0 Å². The Labute approximate surface area is 166 Å². The van der Waals surface area contributed by atoms with Crippen molar-refractivity contribution in [1.82, 2.24) is 5.32 Å². The van der Waals surface area contributed by atoms with Crippen molar-refractivity contribution in [2.75, 3.05) is 6.54 Å². The molecular formula is C21H16ClNO5. The largest absolute Gasteiger partial charge is 0.459 e. The third-order valence-electron chi connectivity index (χ3n) is 3.86. The normalized spacial score (nSPS) is 11.5. The zero-order valence-electron chi connectivity index (χ0n) is 14.6. The molecule has 0 aliphatic heterocycles. The first-order valence-electron chi connectivity index (χ1n) is 8.40. The SMILES string of the molecule is O=C(CNC(=O)c1ccco1)O[C@@H](C(=O)c1ccccc1)c1ccc(Cl)cc1. The van der Waals surface area contributed by atoms with Crippen LogP contribution in [0, 0.1) is 0 Å². The highest BCUT2D eigenvalue weighted by Crippen LogP contribution is 2.24. The van der Waals surface area contributed by atoms with Gasteiger partial charge < -0.3 is 14.5 Å². The number of nitrogens with one attached hydrogen (secondary N) is 1.